The SMILES string of the molecule is CC[C@H](NC(=O)COc1ccc(-n2cnnn2)cc1)c1ncnn1CC. The molecule has 0 unspecified atom stereocenters. The van der Waals surface area contributed by atoms with Crippen LogP contribution < -0.4 is 10.1 Å². The maximum Gasteiger partial charge on any atom is 0.258 e. The highest BCUT2D eigenvalue weighted by Crippen LogP contribution is 2.15. The summed E-state index contributed by atoms with van der Waals surface area (Å²) in [5.74, 6) is 1.11. The molecule has 0 aliphatic carbocycles. The lowest BCUT2D eigenvalue weighted by molar-refractivity contribution is -0.124. The third-order valence-corrected chi connectivity index (χ3v) is 3.82. The fraction of sp³-hybridized carbons (Fsp3) is 0.375. The minimum absolute atomic E-state index is 0.0824. The third kappa shape index (κ3) is 4.02. The zero-order valence-electron chi connectivity index (χ0n) is 14.6. The van der Waals surface area contributed by atoms with Crippen molar-refractivity contribution in [2.24, 2.45) is 0 Å². The van der Waals surface area contributed by atoms with Crippen molar-refractivity contribution in [1.82, 2.24) is 40.3 Å². The van der Waals surface area contributed by atoms with Crippen molar-refractivity contribution in [3.05, 3.63) is 42.7 Å². The summed E-state index contributed by atoms with van der Waals surface area (Å²) in [5.41, 5.74) is 0.803. The van der Waals surface area contributed by atoms with Crippen LogP contribution in [0.3, 0.4) is 0 Å². The van der Waals surface area contributed by atoms with Crippen molar-refractivity contribution in [1.29, 1.82) is 0 Å². The number of ether oxygens (including phenoxy) is 1. The first kappa shape index (κ1) is 17.5. The first-order valence-corrected chi connectivity index (χ1v) is 8.34. The highest BCUT2D eigenvalue weighted by atomic mass is 16.5. The van der Waals surface area contributed by atoms with Gasteiger partial charge in [-0.3, -0.25) is 4.79 Å². The van der Waals surface area contributed by atoms with Gasteiger partial charge in [-0.2, -0.15) is 5.10 Å². The molecule has 0 spiro atoms. The fourth-order valence-corrected chi connectivity index (χ4v) is 2.50. The van der Waals surface area contributed by atoms with Crippen molar-refractivity contribution in [2.45, 2.75) is 32.9 Å². The van der Waals surface area contributed by atoms with Gasteiger partial charge in [-0.15, -0.1) is 5.10 Å². The normalized spacial score (nSPS) is 11.9. The van der Waals surface area contributed by atoms with E-state index >= 15 is 0 Å². The highest BCUT2D eigenvalue weighted by molar-refractivity contribution is 5.77. The molecule has 2 heterocycles. The minimum atomic E-state index is -0.216. The highest BCUT2D eigenvalue weighted by Gasteiger charge is 2.18. The van der Waals surface area contributed by atoms with E-state index in [1.807, 2.05) is 26.0 Å². The van der Waals surface area contributed by atoms with Gasteiger partial charge in [0.05, 0.1) is 11.7 Å². The Kier molecular flexibility index (Phi) is 5.52. The number of nitrogens with zero attached hydrogens (tertiary/aromatic N) is 7. The summed E-state index contributed by atoms with van der Waals surface area (Å²) in [7, 11) is 0. The number of hydrogen-bond acceptors (Lipinski definition) is 7. The average molecular weight is 356 g/mol. The Bertz CT molecular complexity index is 828. The lowest BCUT2D eigenvalue weighted by Crippen LogP contribution is -2.34. The summed E-state index contributed by atoms with van der Waals surface area (Å²) in [4.78, 5) is 16.5. The number of hydrogen-bond donors (Lipinski definition) is 1. The minimum Gasteiger partial charge on any atom is -0.484 e. The van der Waals surface area contributed by atoms with Gasteiger partial charge in [-0.05, 0) is 48.0 Å². The van der Waals surface area contributed by atoms with Gasteiger partial charge in [-0.25, -0.2) is 14.3 Å². The Morgan fingerprint density at radius 1 is 1.27 bits per heavy atom. The number of nitrogens with one attached hydrogen (secondary N) is 1. The summed E-state index contributed by atoms with van der Waals surface area (Å²) < 4.78 is 8.85. The van der Waals surface area contributed by atoms with Gasteiger partial charge in [0.25, 0.3) is 5.91 Å². The number of aromatic nitrogens is 7. The Balaban J connectivity index is 1.55. The van der Waals surface area contributed by atoms with Gasteiger partial charge >= 0.3 is 0 Å². The molecule has 26 heavy (non-hydrogen) atoms. The Morgan fingerprint density at radius 2 is 2.08 bits per heavy atom. The first-order valence-electron chi connectivity index (χ1n) is 8.34. The van der Waals surface area contributed by atoms with Crippen molar-refractivity contribution in [2.75, 3.05) is 6.61 Å². The van der Waals surface area contributed by atoms with Crippen molar-refractivity contribution in [3.63, 3.8) is 0 Å². The van der Waals surface area contributed by atoms with E-state index in [4.69, 9.17) is 4.74 Å². The number of benzene rings is 1. The van der Waals surface area contributed by atoms with E-state index in [0.29, 0.717) is 18.7 Å². The lowest BCUT2D eigenvalue weighted by atomic mass is 10.2. The van der Waals surface area contributed by atoms with Crippen LogP contribution in [0, 0.1) is 0 Å². The van der Waals surface area contributed by atoms with E-state index in [-0.39, 0.29) is 18.6 Å². The smallest absolute Gasteiger partial charge is 0.258 e. The summed E-state index contributed by atoms with van der Waals surface area (Å²) in [5, 5.41) is 18.1. The van der Waals surface area contributed by atoms with Crippen LogP contribution in [0.25, 0.3) is 5.69 Å². The molecule has 0 saturated carbocycles. The van der Waals surface area contributed by atoms with E-state index < -0.39 is 0 Å². The largest absolute Gasteiger partial charge is 0.484 e. The van der Waals surface area contributed by atoms with Crippen LogP contribution in [0.2, 0.25) is 0 Å². The second-order valence-corrected chi connectivity index (χ2v) is 5.50. The van der Waals surface area contributed by atoms with Crippen molar-refractivity contribution in [3.8, 4) is 11.4 Å². The predicted molar refractivity (Wildman–Crippen MR) is 91.5 cm³/mol. The van der Waals surface area contributed by atoms with Gasteiger partial charge in [0.2, 0.25) is 0 Å². The van der Waals surface area contributed by atoms with Gasteiger partial charge in [0, 0.05) is 6.54 Å². The molecular weight excluding hydrogens is 336 g/mol. The van der Waals surface area contributed by atoms with Gasteiger partial charge in [0.1, 0.15) is 24.2 Å². The molecular formula is C16H20N8O2. The average Bonchev–Trinajstić information content (AvgIpc) is 3.36. The second kappa shape index (κ2) is 8.19. The topological polar surface area (TPSA) is 113 Å². The molecule has 0 radical (unpaired) electrons. The summed E-state index contributed by atoms with van der Waals surface area (Å²) in [6, 6.07) is 6.94. The van der Waals surface area contributed by atoms with Crippen LogP contribution in [0.15, 0.2) is 36.9 Å². The summed E-state index contributed by atoms with van der Waals surface area (Å²) in [6.07, 6.45) is 3.71. The lowest BCUT2D eigenvalue weighted by Gasteiger charge is -2.17. The van der Waals surface area contributed by atoms with Crippen LogP contribution in [-0.4, -0.2) is 47.5 Å². The second-order valence-electron chi connectivity index (χ2n) is 5.50. The predicted octanol–water partition coefficient (Wildman–Crippen LogP) is 0.920. The molecule has 3 aromatic rings. The van der Waals surface area contributed by atoms with E-state index in [9.17, 15) is 4.79 Å². The number of aryl methyl sites for hydroxylation is 1. The van der Waals surface area contributed by atoms with Crippen LogP contribution in [0.5, 0.6) is 5.75 Å². The fourth-order valence-electron chi connectivity index (χ4n) is 2.50. The molecule has 0 saturated heterocycles. The van der Waals surface area contributed by atoms with E-state index in [0.717, 1.165) is 11.5 Å². The maximum absolute atomic E-state index is 12.2. The zero-order chi connectivity index (χ0) is 18.4. The number of carbonyl (C=O) groups excluding carboxylic acids is 1. The van der Waals surface area contributed by atoms with E-state index in [1.54, 1.807) is 16.8 Å². The van der Waals surface area contributed by atoms with Crippen molar-refractivity contribution >= 4 is 5.91 Å². The Morgan fingerprint density at radius 3 is 2.73 bits per heavy atom. The molecule has 0 aliphatic rings. The Hall–Kier alpha value is -3.30. The van der Waals surface area contributed by atoms with Gasteiger partial charge < -0.3 is 10.1 Å². The van der Waals surface area contributed by atoms with E-state index in [1.165, 1.54) is 17.3 Å². The number of amides is 1. The van der Waals surface area contributed by atoms with Gasteiger partial charge in [-0.1, -0.05) is 6.92 Å². The molecule has 1 aromatic carbocycles. The zero-order valence-corrected chi connectivity index (χ0v) is 14.6. The van der Waals surface area contributed by atoms with Crippen LogP contribution >= 0.6 is 0 Å². The monoisotopic (exact) mass is 356 g/mol. The first-order chi connectivity index (χ1) is 12.7. The molecule has 10 heteroatoms. The molecule has 0 bridgehead atoms. The van der Waals surface area contributed by atoms with Crippen LogP contribution in [-0.2, 0) is 11.3 Å². The summed E-state index contributed by atoms with van der Waals surface area (Å²) >= 11 is 0. The maximum atomic E-state index is 12.2. The standard InChI is InChI=1S/C16H20N8O2/c1-3-14(16-17-10-19-23(16)4-2)20-15(25)9-26-13-7-5-12(6-8-13)24-11-18-21-22-24/h5-8,10-11,14H,3-4,9H2,1-2H3,(H,20,25)/t14-/m0/s1. The molecule has 1 atom stereocenters. The molecule has 2 aromatic heterocycles. The quantitative estimate of drug-likeness (QED) is 0.638. The molecule has 1 amide bonds. The molecule has 0 fully saturated rings. The number of tetrazole rings is 1. The summed E-state index contributed by atoms with van der Waals surface area (Å²) in [6.45, 7) is 4.58. The van der Waals surface area contributed by atoms with E-state index in [2.05, 4.69) is 30.9 Å². The van der Waals surface area contributed by atoms with Crippen LogP contribution in [0.1, 0.15) is 32.1 Å². The van der Waals surface area contributed by atoms with Gasteiger partial charge in [0.15, 0.2) is 6.61 Å². The van der Waals surface area contributed by atoms with Crippen molar-refractivity contribution < 1.29 is 9.53 Å². The molecule has 136 valence electrons. The third-order valence-electron chi connectivity index (χ3n) is 3.82. The Labute approximate surface area is 150 Å². The molecule has 10 nitrogen and oxygen atoms in total. The molecule has 3 rings (SSSR count). The number of rotatable bonds is 8. The number of carbonyl (C=O) groups is 1. The molecule has 1 N–H and O–H groups in total. The van der Waals surface area contributed by atoms with Crippen LogP contribution in [0.4, 0.5) is 0 Å². The molecule has 0 aliphatic heterocycles.